The minimum atomic E-state index is -4.80. The first-order valence-corrected chi connectivity index (χ1v) is 10.8. The van der Waals surface area contributed by atoms with Crippen molar-refractivity contribution in [3.8, 4) is 0 Å². The molecule has 0 saturated carbocycles. The minimum absolute atomic E-state index is 0.0530. The first-order valence-electron chi connectivity index (χ1n) is 10.8. The van der Waals surface area contributed by atoms with Gasteiger partial charge in [0.15, 0.2) is 0 Å². The van der Waals surface area contributed by atoms with Crippen molar-refractivity contribution < 1.29 is 40.4 Å². The Morgan fingerprint density at radius 2 is 1.69 bits per heavy atom. The molecule has 15 heteroatoms. The Balaban J connectivity index is 1.55. The lowest BCUT2D eigenvalue weighted by molar-refractivity contribution is -0.152. The number of halogens is 6. The van der Waals surface area contributed by atoms with Gasteiger partial charge < -0.3 is 10.2 Å². The fraction of sp³-hybridized carbons (Fsp3) is 0.167. The summed E-state index contributed by atoms with van der Waals surface area (Å²) in [5.41, 5.74) is 6.57. The molecule has 0 atom stereocenters. The van der Waals surface area contributed by atoms with Gasteiger partial charge in [-0.1, -0.05) is 29.4 Å². The van der Waals surface area contributed by atoms with Gasteiger partial charge in [0.25, 0.3) is 0 Å². The second-order valence-electron chi connectivity index (χ2n) is 7.76. The molecule has 0 fully saturated rings. The van der Waals surface area contributed by atoms with Gasteiger partial charge in [-0.3, -0.25) is 15.1 Å². The molecule has 1 aromatic heterocycles. The number of furan rings is 1. The van der Waals surface area contributed by atoms with E-state index in [-0.39, 0.29) is 22.2 Å². The van der Waals surface area contributed by atoms with Gasteiger partial charge in [0, 0.05) is 24.4 Å². The van der Waals surface area contributed by atoms with Crippen molar-refractivity contribution in [1.29, 1.82) is 0 Å². The summed E-state index contributed by atoms with van der Waals surface area (Å²) in [5.74, 6) is -1.34. The van der Waals surface area contributed by atoms with Crippen LogP contribution in [0.4, 0.5) is 48.2 Å². The summed E-state index contributed by atoms with van der Waals surface area (Å²) in [5, 5.41) is 5.34. The van der Waals surface area contributed by atoms with E-state index < -0.39 is 30.0 Å². The number of amidine groups is 1. The van der Waals surface area contributed by atoms with E-state index in [2.05, 4.69) is 24.4 Å². The maximum atomic E-state index is 12.9. The van der Waals surface area contributed by atoms with Crippen LogP contribution in [0.3, 0.4) is 0 Å². The molecule has 0 aliphatic rings. The second kappa shape index (κ2) is 11.7. The number of hydrogen-bond acceptors (Lipinski definition) is 6. The van der Waals surface area contributed by atoms with Crippen molar-refractivity contribution in [3.05, 3.63) is 77.2 Å². The number of carbonyl (C=O) groups is 1. The summed E-state index contributed by atoms with van der Waals surface area (Å²) < 4.78 is 81.5. The highest BCUT2D eigenvalue weighted by Crippen LogP contribution is 2.37. The number of nitrogens with one attached hydrogen (secondary N) is 1. The number of hydrogen-bond donors (Lipinski definition) is 2. The smallest absolute Gasteiger partial charge is 0.455 e. The van der Waals surface area contributed by atoms with Crippen molar-refractivity contribution in [1.82, 2.24) is 0 Å². The summed E-state index contributed by atoms with van der Waals surface area (Å²) in [4.78, 5) is 24.5. The van der Waals surface area contributed by atoms with E-state index in [1.165, 1.54) is 31.2 Å². The van der Waals surface area contributed by atoms with Crippen molar-refractivity contribution >= 4 is 41.5 Å². The number of carbonyl (C=O) groups excluding carboxylic acids is 1. The summed E-state index contributed by atoms with van der Waals surface area (Å²) in [6.07, 6.45) is -8.28. The third-order valence-electron chi connectivity index (χ3n) is 4.91. The van der Waals surface area contributed by atoms with Gasteiger partial charge >= 0.3 is 18.6 Å². The van der Waals surface area contributed by atoms with Crippen LogP contribution in [0.25, 0.3) is 0 Å². The number of benzene rings is 2. The molecular formula is C24H20F6N6O3. The highest BCUT2D eigenvalue weighted by Gasteiger charge is 2.39. The summed E-state index contributed by atoms with van der Waals surface area (Å²) in [6.45, 7) is 1.29. The Labute approximate surface area is 217 Å². The molecule has 0 aliphatic heterocycles. The highest BCUT2D eigenvalue weighted by molar-refractivity contribution is 6.01. The van der Waals surface area contributed by atoms with Crippen LogP contribution in [0.2, 0.25) is 0 Å². The molecule has 3 rings (SSSR count). The van der Waals surface area contributed by atoms with Crippen LogP contribution in [0, 0.1) is 6.92 Å². The fourth-order valence-electron chi connectivity index (χ4n) is 2.97. The third kappa shape index (κ3) is 8.08. The van der Waals surface area contributed by atoms with E-state index in [9.17, 15) is 31.1 Å². The van der Waals surface area contributed by atoms with E-state index in [4.69, 9.17) is 5.73 Å². The summed E-state index contributed by atoms with van der Waals surface area (Å²) >= 11 is 0. The molecule has 9 nitrogen and oxygen atoms in total. The molecule has 1 amide bonds. The number of nitrogens with two attached hydrogens (primary N) is 1. The first-order chi connectivity index (χ1) is 18.2. The number of oxime groups is 1. The van der Waals surface area contributed by atoms with Gasteiger partial charge in [0.05, 0.1) is 17.6 Å². The zero-order valence-electron chi connectivity index (χ0n) is 20.2. The van der Waals surface area contributed by atoms with Gasteiger partial charge in [-0.05, 0) is 36.8 Å². The predicted octanol–water partition coefficient (Wildman–Crippen LogP) is 6.21. The van der Waals surface area contributed by atoms with Gasteiger partial charge in [0.1, 0.15) is 17.9 Å². The maximum Gasteiger partial charge on any atom is 0.484 e. The summed E-state index contributed by atoms with van der Waals surface area (Å²) in [6, 6.07) is 12.5. The Kier molecular flexibility index (Phi) is 8.63. The lowest BCUT2D eigenvalue weighted by Gasteiger charge is -2.21. The number of alkyl halides is 6. The van der Waals surface area contributed by atoms with Gasteiger partial charge in [-0.25, -0.2) is 14.8 Å². The maximum absolute atomic E-state index is 12.9. The van der Waals surface area contributed by atoms with Crippen LogP contribution in [-0.4, -0.2) is 37.8 Å². The molecule has 0 saturated heterocycles. The standard InChI is InChI=1S/C24H20F6N6O3/c1-14-11-19(20(38-14)23(25,26)27)35-22(37)39-34-12-15-3-5-16(6-4-15)21(31)33-13-32-17-7-9-18(10-8-17)36(2)24(28,29)30/h3-13H,1-2H3,(H,35,37)(H2,31,32,33)/b34-12+. The number of rotatable bonds is 7. The molecule has 206 valence electrons. The van der Waals surface area contributed by atoms with Gasteiger partial charge in [-0.2, -0.15) is 26.3 Å². The molecule has 0 spiro atoms. The molecule has 2 aromatic carbocycles. The summed E-state index contributed by atoms with van der Waals surface area (Å²) in [7, 11) is 0.907. The number of amides is 1. The van der Waals surface area contributed by atoms with Crippen LogP contribution in [0.1, 0.15) is 22.6 Å². The molecule has 3 N–H and O–H groups in total. The molecule has 0 bridgehead atoms. The minimum Gasteiger partial charge on any atom is -0.455 e. The molecule has 3 aromatic rings. The van der Waals surface area contributed by atoms with Crippen LogP contribution < -0.4 is 16.0 Å². The Morgan fingerprint density at radius 3 is 2.28 bits per heavy atom. The fourth-order valence-corrected chi connectivity index (χ4v) is 2.97. The van der Waals surface area contributed by atoms with E-state index in [0.29, 0.717) is 16.8 Å². The van der Waals surface area contributed by atoms with Crippen molar-refractivity contribution in [2.24, 2.45) is 20.9 Å². The molecule has 1 heterocycles. The Morgan fingerprint density at radius 1 is 1.05 bits per heavy atom. The average Bonchev–Trinajstić information content (AvgIpc) is 3.24. The molecule has 39 heavy (non-hydrogen) atoms. The number of anilines is 2. The lowest BCUT2D eigenvalue weighted by atomic mass is 10.1. The normalized spacial score (nSPS) is 12.8. The molecule has 0 unspecified atom stereocenters. The quantitative estimate of drug-likeness (QED) is 0.0899. The molecule has 0 radical (unpaired) electrons. The van der Waals surface area contributed by atoms with Crippen molar-refractivity contribution in [3.63, 3.8) is 0 Å². The number of nitrogens with zero attached hydrogens (tertiary/aromatic N) is 4. The largest absolute Gasteiger partial charge is 0.484 e. The van der Waals surface area contributed by atoms with E-state index in [1.54, 1.807) is 24.3 Å². The van der Waals surface area contributed by atoms with Gasteiger partial charge in [-0.15, -0.1) is 0 Å². The SMILES string of the molecule is Cc1cc(NC(=O)O/N=C/c2ccc(C(N)=NC=Nc3ccc(N(C)C(F)(F)F)cc3)cc2)c(C(F)(F)F)o1. The monoisotopic (exact) mass is 554 g/mol. The van der Waals surface area contributed by atoms with E-state index in [1.807, 2.05) is 5.32 Å². The number of aliphatic imine (C=N–C) groups is 2. The highest BCUT2D eigenvalue weighted by atomic mass is 19.4. The van der Waals surface area contributed by atoms with Crippen LogP contribution in [0.5, 0.6) is 0 Å². The third-order valence-corrected chi connectivity index (χ3v) is 4.91. The zero-order valence-corrected chi connectivity index (χ0v) is 20.2. The van der Waals surface area contributed by atoms with Crippen molar-refractivity contribution in [2.45, 2.75) is 19.4 Å². The van der Waals surface area contributed by atoms with Crippen LogP contribution in [0.15, 0.2) is 74.2 Å². The van der Waals surface area contributed by atoms with Crippen molar-refractivity contribution in [2.75, 3.05) is 17.3 Å². The van der Waals surface area contributed by atoms with Crippen LogP contribution in [-0.2, 0) is 11.0 Å². The van der Waals surface area contributed by atoms with Crippen LogP contribution >= 0.6 is 0 Å². The first kappa shape index (κ1) is 28.7. The molecular weight excluding hydrogens is 534 g/mol. The second-order valence-corrected chi connectivity index (χ2v) is 7.76. The molecule has 0 aliphatic carbocycles. The Hall–Kier alpha value is -4.82. The van der Waals surface area contributed by atoms with Gasteiger partial charge in [0.2, 0.25) is 5.76 Å². The van der Waals surface area contributed by atoms with E-state index >= 15 is 0 Å². The van der Waals surface area contributed by atoms with E-state index in [0.717, 1.165) is 25.7 Å². The lowest BCUT2D eigenvalue weighted by Crippen LogP contribution is -2.33. The number of aryl methyl sites for hydroxylation is 1. The topological polar surface area (TPSA) is 118 Å². The Bertz CT molecular complexity index is 1380. The average molecular weight is 554 g/mol. The zero-order chi connectivity index (χ0) is 28.8. The predicted molar refractivity (Wildman–Crippen MR) is 132 cm³/mol.